The van der Waals surface area contributed by atoms with Crippen molar-refractivity contribution in [2.75, 3.05) is 9.80 Å². The molecule has 0 aromatic heterocycles. The number of aryl methyl sites for hydroxylation is 1. The van der Waals surface area contributed by atoms with E-state index in [0.717, 1.165) is 34.2 Å². The highest BCUT2D eigenvalue weighted by Gasteiger charge is 2.56. The first-order chi connectivity index (χ1) is 28.3. The highest BCUT2D eigenvalue weighted by molar-refractivity contribution is 7.27. The van der Waals surface area contributed by atoms with Crippen LogP contribution < -0.4 is 51.7 Å². The van der Waals surface area contributed by atoms with E-state index in [4.69, 9.17) is 4.74 Å². The van der Waals surface area contributed by atoms with Crippen LogP contribution in [0.2, 0.25) is 0 Å². The van der Waals surface area contributed by atoms with E-state index >= 15 is 0 Å². The molecule has 0 saturated carbocycles. The van der Waals surface area contributed by atoms with Crippen molar-refractivity contribution in [3.05, 3.63) is 199 Å². The molecule has 0 fully saturated rings. The van der Waals surface area contributed by atoms with Gasteiger partial charge >= 0.3 is 0 Å². The highest BCUT2D eigenvalue weighted by Crippen LogP contribution is 2.46. The first-order valence-electron chi connectivity index (χ1n) is 20.4. The van der Waals surface area contributed by atoms with E-state index in [0.29, 0.717) is 0 Å². The number of hydrogen-bond donors (Lipinski definition) is 0. The van der Waals surface area contributed by atoms with Gasteiger partial charge < -0.3 is 14.5 Å². The Hall–Kier alpha value is -6.56. The van der Waals surface area contributed by atoms with Crippen LogP contribution in [0.4, 0.5) is 34.1 Å². The number of nitrogens with zero attached hydrogens (tertiary/aromatic N) is 2. The van der Waals surface area contributed by atoms with Crippen LogP contribution in [0.25, 0.3) is 0 Å². The van der Waals surface area contributed by atoms with Crippen LogP contribution in [0, 0.1) is 6.92 Å². The summed E-state index contributed by atoms with van der Waals surface area (Å²) >= 11 is 0. The van der Waals surface area contributed by atoms with Gasteiger partial charge in [-0.3, -0.25) is 0 Å². The normalized spacial score (nSPS) is 14.1. The zero-order valence-electron chi connectivity index (χ0n) is 33.3. The van der Waals surface area contributed by atoms with E-state index in [1.165, 1.54) is 59.6 Å². The average molecular weight is 763 g/mol. The molecule has 0 bridgehead atoms. The summed E-state index contributed by atoms with van der Waals surface area (Å²) in [6.45, 7) is 9.18. The second-order valence-corrected chi connectivity index (χ2v) is 20.7. The standard InChI is InChI=1S/C53H43BN2OSi/c1-36-31-37(53(2,3)4)33-40(32-36)56-44-27-17-29-48-51(44)54-50-45(56)34-41(55(38-19-9-5-10-20-38)39-21-11-6-12-22-39)35-47(50)57-46-28-18-30-49(52(46)54)58(48,42-23-13-7-14-24-42)43-25-15-8-16-26-43/h5-35H,1-4H3. The number of ether oxygens (including phenoxy) is 1. The molecular formula is C53H43BN2OSi. The second kappa shape index (κ2) is 13.0. The zero-order chi connectivity index (χ0) is 39.2. The van der Waals surface area contributed by atoms with Crippen molar-refractivity contribution in [2.24, 2.45) is 0 Å². The fourth-order valence-corrected chi connectivity index (χ4v) is 15.4. The van der Waals surface area contributed by atoms with E-state index < -0.39 is 8.07 Å². The Labute approximate surface area is 342 Å². The smallest absolute Gasteiger partial charge is 0.256 e. The third kappa shape index (κ3) is 5.06. The maximum Gasteiger partial charge on any atom is 0.256 e. The monoisotopic (exact) mass is 762 g/mol. The Morgan fingerprint density at radius 2 is 1.07 bits per heavy atom. The van der Waals surface area contributed by atoms with Crippen molar-refractivity contribution < 1.29 is 4.74 Å². The lowest BCUT2D eigenvalue weighted by molar-refractivity contribution is 0.488. The summed E-state index contributed by atoms with van der Waals surface area (Å²) in [5.74, 6) is 1.86. The molecule has 3 aliphatic heterocycles. The molecule has 0 spiro atoms. The molecule has 3 nitrogen and oxygen atoms in total. The van der Waals surface area contributed by atoms with Crippen LogP contribution in [-0.2, 0) is 5.41 Å². The molecule has 8 aromatic rings. The summed E-state index contributed by atoms with van der Waals surface area (Å²) in [7, 11) is -2.87. The SMILES string of the molecule is Cc1cc(N2c3cc(N(c4ccccc4)c4ccccc4)cc4c3B3c5c(cccc5[Si](c5ccccc5)(c5ccccc5)c5cccc2c53)O4)cc(C(C)(C)C)c1. The van der Waals surface area contributed by atoms with Crippen LogP contribution in [0.15, 0.2) is 188 Å². The summed E-state index contributed by atoms with van der Waals surface area (Å²) in [5, 5.41) is 5.62. The van der Waals surface area contributed by atoms with Gasteiger partial charge in [-0.05, 0) is 115 Å². The van der Waals surface area contributed by atoms with E-state index in [2.05, 4.69) is 226 Å². The molecule has 0 saturated heterocycles. The Bertz CT molecular complexity index is 2800. The Morgan fingerprint density at radius 3 is 1.67 bits per heavy atom. The Kier molecular flexibility index (Phi) is 7.76. The van der Waals surface area contributed by atoms with Crippen molar-refractivity contribution in [3.8, 4) is 11.5 Å². The lowest BCUT2D eigenvalue weighted by atomic mass is 9.34. The van der Waals surface area contributed by atoms with Crippen molar-refractivity contribution in [1.82, 2.24) is 0 Å². The third-order valence-corrected chi connectivity index (χ3v) is 17.4. The Balaban J connectivity index is 1.28. The largest absolute Gasteiger partial charge is 0.458 e. The molecule has 8 aromatic carbocycles. The van der Waals surface area contributed by atoms with Crippen molar-refractivity contribution in [2.45, 2.75) is 33.1 Å². The third-order valence-electron chi connectivity index (χ3n) is 12.5. The highest BCUT2D eigenvalue weighted by atomic mass is 28.3. The fourth-order valence-electron chi connectivity index (χ4n) is 10.1. The molecule has 0 aliphatic carbocycles. The molecule has 0 radical (unpaired) electrons. The topological polar surface area (TPSA) is 15.7 Å². The van der Waals surface area contributed by atoms with Gasteiger partial charge in [0, 0.05) is 34.5 Å². The van der Waals surface area contributed by atoms with Gasteiger partial charge in [0.2, 0.25) is 0 Å². The van der Waals surface area contributed by atoms with Crippen molar-refractivity contribution in [1.29, 1.82) is 0 Å². The van der Waals surface area contributed by atoms with Crippen LogP contribution in [0.1, 0.15) is 31.9 Å². The van der Waals surface area contributed by atoms with Gasteiger partial charge in [-0.2, -0.15) is 0 Å². The summed E-state index contributed by atoms with van der Waals surface area (Å²) in [6, 6.07) is 69.8. The molecule has 58 heavy (non-hydrogen) atoms. The Morgan fingerprint density at radius 1 is 0.500 bits per heavy atom. The minimum atomic E-state index is -2.87. The van der Waals surface area contributed by atoms with E-state index in [-0.39, 0.29) is 12.1 Å². The molecule has 0 unspecified atom stereocenters. The van der Waals surface area contributed by atoms with E-state index in [1.54, 1.807) is 0 Å². The van der Waals surface area contributed by atoms with Gasteiger partial charge in [0.15, 0.2) is 8.07 Å². The van der Waals surface area contributed by atoms with Gasteiger partial charge in [0.1, 0.15) is 11.5 Å². The van der Waals surface area contributed by atoms with Crippen LogP contribution in [0.3, 0.4) is 0 Å². The molecule has 278 valence electrons. The number of para-hydroxylation sites is 2. The average Bonchev–Trinajstić information content (AvgIpc) is 3.25. The van der Waals surface area contributed by atoms with Crippen LogP contribution >= 0.6 is 0 Å². The first-order valence-corrected chi connectivity index (χ1v) is 22.4. The summed E-state index contributed by atoms with van der Waals surface area (Å²) in [4.78, 5) is 4.92. The maximum atomic E-state index is 7.33. The van der Waals surface area contributed by atoms with E-state index in [1.807, 2.05) is 0 Å². The van der Waals surface area contributed by atoms with Gasteiger partial charge in [-0.25, -0.2) is 0 Å². The van der Waals surface area contributed by atoms with Gasteiger partial charge in [-0.15, -0.1) is 0 Å². The number of rotatable bonds is 6. The summed E-state index contributed by atoms with van der Waals surface area (Å²) in [6.07, 6.45) is 0. The number of anilines is 6. The fraction of sp³-hybridized carbons (Fsp3) is 0.0943. The molecule has 3 heterocycles. The van der Waals surface area contributed by atoms with Gasteiger partial charge in [-0.1, -0.05) is 148 Å². The molecule has 0 atom stereocenters. The number of benzene rings is 8. The molecule has 0 amide bonds. The molecule has 0 N–H and O–H groups in total. The summed E-state index contributed by atoms with van der Waals surface area (Å²) < 4.78 is 7.33. The number of hydrogen-bond acceptors (Lipinski definition) is 3. The zero-order valence-corrected chi connectivity index (χ0v) is 34.3. The predicted molar refractivity (Wildman–Crippen MR) is 248 cm³/mol. The van der Waals surface area contributed by atoms with Gasteiger partial charge in [0.25, 0.3) is 6.71 Å². The van der Waals surface area contributed by atoms with Crippen molar-refractivity contribution in [3.63, 3.8) is 0 Å². The van der Waals surface area contributed by atoms with Crippen LogP contribution in [0.5, 0.6) is 11.5 Å². The van der Waals surface area contributed by atoms with E-state index in [9.17, 15) is 0 Å². The van der Waals surface area contributed by atoms with Gasteiger partial charge in [0.05, 0.1) is 5.69 Å². The lowest BCUT2D eigenvalue weighted by Gasteiger charge is -2.49. The molecule has 5 heteroatoms. The maximum absolute atomic E-state index is 7.33. The van der Waals surface area contributed by atoms with Crippen LogP contribution in [-0.4, -0.2) is 14.8 Å². The lowest BCUT2D eigenvalue weighted by Crippen LogP contribution is -2.87. The minimum Gasteiger partial charge on any atom is -0.458 e. The minimum absolute atomic E-state index is 0.00305. The quantitative estimate of drug-likeness (QED) is 0.158. The second-order valence-electron chi connectivity index (χ2n) is 17.0. The molecule has 11 rings (SSSR count). The predicted octanol–water partition coefficient (Wildman–Crippen LogP) is 8.86. The molecule has 3 aliphatic rings. The van der Waals surface area contributed by atoms with Crippen molar-refractivity contribution >= 4 is 86.0 Å². The summed E-state index contributed by atoms with van der Waals surface area (Å²) in [5.41, 5.74) is 13.2. The first kappa shape index (κ1) is 34.7. The molecular weight excluding hydrogens is 719 g/mol.